The third kappa shape index (κ3) is 4.42. The van der Waals surface area contributed by atoms with E-state index in [4.69, 9.17) is 28.3 Å². The molecular weight excluding hydrogens is 379 g/mol. The van der Waals surface area contributed by atoms with Crippen molar-refractivity contribution in [3.8, 4) is 0 Å². The van der Waals surface area contributed by atoms with Crippen LogP contribution in [0.5, 0.6) is 0 Å². The maximum atomic E-state index is 11.3. The van der Waals surface area contributed by atoms with E-state index in [2.05, 4.69) is 10.5 Å². The van der Waals surface area contributed by atoms with Gasteiger partial charge in [-0.25, -0.2) is 13.6 Å². The Morgan fingerprint density at radius 1 is 1.21 bits per heavy atom. The highest BCUT2D eigenvalue weighted by Gasteiger charge is 2.18. The molecule has 0 fully saturated rings. The van der Waals surface area contributed by atoms with Crippen molar-refractivity contribution in [2.24, 2.45) is 10.2 Å². The van der Waals surface area contributed by atoms with Crippen LogP contribution in [0.2, 0.25) is 10.0 Å². The normalized spacial score (nSPS) is 11.6. The standard InChI is InChI=1S/C13H10Cl2N4O4S/c14-9-2-1-8(11(15)5-9)7-17-18-12-4-3-10(24(16,22)23)6-13(12)19(20)21/h1-7,18H,(H2,16,22,23)/b17-7-. The van der Waals surface area contributed by atoms with Gasteiger partial charge in [-0.3, -0.25) is 15.5 Å². The highest BCUT2D eigenvalue weighted by atomic mass is 35.5. The molecule has 8 nitrogen and oxygen atoms in total. The van der Waals surface area contributed by atoms with Crippen LogP contribution in [-0.2, 0) is 10.0 Å². The molecule has 0 spiro atoms. The molecule has 3 N–H and O–H groups in total. The fraction of sp³-hybridized carbons (Fsp3) is 0. The van der Waals surface area contributed by atoms with Crippen LogP contribution in [0.15, 0.2) is 46.4 Å². The lowest BCUT2D eigenvalue weighted by molar-refractivity contribution is -0.384. The van der Waals surface area contributed by atoms with Crippen LogP contribution in [-0.4, -0.2) is 19.6 Å². The van der Waals surface area contributed by atoms with Gasteiger partial charge in [-0.2, -0.15) is 5.10 Å². The second-order valence-corrected chi connectivity index (χ2v) is 6.92. The molecule has 0 aliphatic rings. The minimum atomic E-state index is -4.05. The molecular formula is C13H10Cl2N4O4S. The number of nitrogens with zero attached hydrogens (tertiary/aromatic N) is 2. The van der Waals surface area contributed by atoms with E-state index in [-0.39, 0.29) is 10.6 Å². The maximum Gasteiger partial charge on any atom is 0.295 e. The summed E-state index contributed by atoms with van der Waals surface area (Å²) in [6.07, 6.45) is 1.34. The Kier molecular flexibility index (Phi) is 5.40. The monoisotopic (exact) mass is 388 g/mol. The van der Waals surface area contributed by atoms with Gasteiger partial charge >= 0.3 is 0 Å². The second-order valence-electron chi connectivity index (χ2n) is 4.52. The molecule has 0 unspecified atom stereocenters. The van der Waals surface area contributed by atoms with Crippen LogP contribution in [0, 0.1) is 10.1 Å². The van der Waals surface area contributed by atoms with Crippen LogP contribution >= 0.6 is 23.2 Å². The number of anilines is 1. The molecule has 11 heteroatoms. The summed E-state index contributed by atoms with van der Waals surface area (Å²) in [5.41, 5.74) is 2.51. The number of halogens is 2. The lowest BCUT2D eigenvalue weighted by Crippen LogP contribution is -2.12. The van der Waals surface area contributed by atoms with Crippen molar-refractivity contribution in [3.05, 3.63) is 62.1 Å². The summed E-state index contributed by atoms with van der Waals surface area (Å²) in [6.45, 7) is 0. The van der Waals surface area contributed by atoms with Crippen molar-refractivity contribution in [1.82, 2.24) is 0 Å². The predicted octanol–water partition coefficient (Wildman–Crippen LogP) is 3.00. The van der Waals surface area contributed by atoms with Crippen molar-refractivity contribution < 1.29 is 13.3 Å². The van der Waals surface area contributed by atoms with Crippen molar-refractivity contribution in [2.75, 3.05) is 5.43 Å². The zero-order valence-corrected chi connectivity index (χ0v) is 14.1. The number of nitrogens with one attached hydrogen (secondary N) is 1. The Balaban J connectivity index is 2.29. The molecule has 0 saturated heterocycles. The average molecular weight is 389 g/mol. The number of sulfonamides is 1. The SMILES string of the molecule is NS(=O)(=O)c1ccc(N/N=C\c2ccc(Cl)cc2Cl)c([N+](=O)[O-])c1. The molecule has 24 heavy (non-hydrogen) atoms. The van der Waals surface area contributed by atoms with Gasteiger partial charge in [0.2, 0.25) is 10.0 Å². The van der Waals surface area contributed by atoms with E-state index in [1.165, 1.54) is 18.3 Å². The van der Waals surface area contributed by atoms with Crippen molar-refractivity contribution in [3.63, 3.8) is 0 Å². The highest BCUT2D eigenvalue weighted by molar-refractivity contribution is 7.89. The quantitative estimate of drug-likeness (QED) is 0.462. The first kappa shape index (κ1) is 18.1. The number of hydrogen-bond donors (Lipinski definition) is 2. The van der Waals surface area contributed by atoms with Gasteiger partial charge in [-0.15, -0.1) is 0 Å². The van der Waals surface area contributed by atoms with E-state index >= 15 is 0 Å². The molecule has 0 bridgehead atoms. The van der Waals surface area contributed by atoms with Gasteiger partial charge in [0.25, 0.3) is 5.69 Å². The van der Waals surface area contributed by atoms with E-state index in [0.717, 1.165) is 12.1 Å². The fourth-order valence-electron chi connectivity index (χ4n) is 1.71. The van der Waals surface area contributed by atoms with Gasteiger partial charge in [0.05, 0.1) is 21.1 Å². The molecule has 0 heterocycles. The zero-order valence-electron chi connectivity index (χ0n) is 11.8. The van der Waals surface area contributed by atoms with Gasteiger partial charge in [-0.05, 0) is 24.3 Å². The van der Waals surface area contributed by atoms with E-state index in [0.29, 0.717) is 15.6 Å². The molecule has 0 aromatic heterocycles. The van der Waals surface area contributed by atoms with Crippen molar-refractivity contribution in [2.45, 2.75) is 4.90 Å². The summed E-state index contributed by atoms with van der Waals surface area (Å²) in [5.74, 6) is 0. The van der Waals surface area contributed by atoms with Crippen molar-refractivity contribution >= 4 is 50.8 Å². The highest BCUT2D eigenvalue weighted by Crippen LogP contribution is 2.27. The fourth-order valence-corrected chi connectivity index (χ4v) is 2.70. The minimum Gasteiger partial charge on any atom is -0.272 e. The smallest absolute Gasteiger partial charge is 0.272 e. The number of rotatable bonds is 5. The van der Waals surface area contributed by atoms with Gasteiger partial charge in [0, 0.05) is 16.7 Å². The first-order chi connectivity index (χ1) is 11.2. The van der Waals surface area contributed by atoms with E-state index in [1.54, 1.807) is 12.1 Å². The number of nitrogens with two attached hydrogens (primary N) is 1. The summed E-state index contributed by atoms with van der Waals surface area (Å²) in [5, 5.41) is 20.7. The maximum absolute atomic E-state index is 11.3. The van der Waals surface area contributed by atoms with Gasteiger partial charge in [-0.1, -0.05) is 29.3 Å². The summed E-state index contributed by atoms with van der Waals surface area (Å²) in [6, 6.07) is 7.93. The van der Waals surface area contributed by atoms with Gasteiger partial charge < -0.3 is 0 Å². The number of primary sulfonamides is 1. The largest absolute Gasteiger partial charge is 0.295 e. The zero-order chi connectivity index (χ0) is 17.9. The van der Waals surface area contributed by atoms with Crippen LogP contribution in [0.25, 0.3) is 0 Å². The summed E-state index contributed by atoms with van der Waals surface area (Å²) in [7, 11) is -4.05. The Morgan fingerprint density at radius 3 is 2.50 bits per heavy atom. The summed E-state index contributed by atoms with van der Waals surface area (Å²) < 4.78 is 22.5. The Labute approximate surface area is 147 Å². The first-order valence-corrected chi connectivity index (χ1v) is 8.54. The summed E-state index contributed by atoms with van der Waals surface area (Å²) in [4.78, 5) is 9.95. The third-order valence-corrected chi connectivity index (χ3v) is 4.32. The van der Waals surface area contributed by atoms with Crippen LogP contribution in [0.3, 0.4) is 0 Å². The molecule has 0 aliphatic heterocycles. The number of hydrazone groups is 1. The van der Waals surface area contributed by atoms with E-state index in [1.807, 2.05) is 0 Å². The second kappa shape index (κ2) is 7.14. The van der Waals surface area contributed by atoms with E-state index < -0.39 is 20.6 Å². The van der Waals surface area contributed by atoms with Gasteiger partial charge in [0.15, 0.2) is 0 Å². The Morgan fingerprint density at radius 2 is 1.92 bits per heavy atom. The molecule has 0 atom stereocenters. The van der Waals surface area contributed by atoms with Crippen LogP contribution in [0.1, 0.15) is 5.56 Å². The van der Waals surface area contributed by atoms with Crippen LogP contribution < -0.4 is 10.6 Å². The first-order valence-electron chi connectivity index (χ1n) is 6.24. The summed E-state index contributed by atoms with van der Waals surface area (Å²) >= 11 is 11.7. The molecule has 126 valence electrons. The molecule has 0 amide bonds. The molecule has 0 saturated carbocycles. The number of nitro benzene ring substituents is 1. The van der Waals surface area contributed by atoms with Gasteiger partial charge in [0.1, 0.15) is 5.69 Å². The Bertz CT molecular complexity index is 932. The average Bonchev–Trinajstić information content (AvgIpc) is 2.48. The molecule has 2 aromatic carbocycles. The number of hydrogen-bond acceptors (Lipinski definition) is 6. The lowest BCUT2D eigenvalue weighted by Gasteiger charge is -2.04. The molecule has 0 radical (unpaired) electrons. The molecule has 0 aliphatic carbocycles. The molecule has 2 rings (SSSR count). The molecule has 2 aromatic rings. The van der Waals surface area contributed by atoms with E-state index in [9.17, 15) is 18.5 Å². The topological polar surface area (TPSA) is 128 Å². The number of nitro groups is 1. The predicted molar refractivity (Wildman–Crippen MR) is 92.1 cm³/mol. The minimum absolute atomic E-state index is 0.00580. The van der Waals surface area contributed by atoms with Crippen LogP contribution in [0.4, 0.5) is 11.4 Å². The lowest BCUT2D eigenvalue weighted by atomic mass is 10.2. The van der Waals surface area contributed by atoms with Crippen molar-refractivity contribution in [1.29, 1.82) is 0 Å². The number of benzene rings is 2. The third-order valence-electron chi connectivity index (χ3n) is 2.85. The Hall–Kier alpha value is -2.20.